The summed E-state index contributed by atoms with van der Waals surface area (Å²) < 4.78 is 13.0. The monoisotopic (exact) mass is 429 g/mol. The highest BCUT2D eigenvalue weighted by Crippen LogP contribution is 2.29. The first-order valence-electron chi connectivity index (χ1n) is 8.37. The molecule has 9 heteroatoms. The Morgan fingerprint density at radius 1 is 1.27 bits per heavy atom. The molecule has 138 valence electrons. The molecule has 1 amide bonds. The summed E-state index contributed by atoms with van der Waals surface area (Å²) in [4.78, 5) is 20.1. The molecule has 3 saturated heterocycles. The SMILES string of the molecule is O=C(NC1CN2CCC1CC2)c1cnc(S(=O)c2ccc(Cl)c(Cl)c2)s1. The number of piperidine rings is 3. The van der Waals surface area contributed by atoms with Crippen LogP contribution in [0.3, 0.4) is 0 Å². The number of rotatable bonds is 4. The quantitative estimate of drug-likeness (QED) is 0.808. The molecular formula is C17H17Cl2N3O2S2. The molecule has 0 saturated carbocycles. The number of benzene rings is 1. The van der Waals surface area contributed by atoms with Gasteiger partial charge in [-0.15, -0.1) is 0 Å². The Hall–Kier alpha value is -0.990. The van der Waals surface area contributed by atoms with E-state index in [1.54, 1.807) is 18.2 Å². The molecule has 1 aromatic heterocycles. The summed E-state index contributed by atoms with van der Waals surface area (Å²) >= 11 is 13.0. The van der Waals surface area contributed by atoms with Gasteiger partial charge in [-0.1, -0.05) is 34.5 Å². The van der Waals surface area contributed by atoms with Crippen molar-refractivity contribution in [3.8, 4) is 0 Å². The zero-order valence-electron chi connectivity index (χ0n) is 13.8. The number of hydrogen-bond acceptors (Lipinski definition) is 5. The van der Waals surface area contributed by atoms with Crippen LogP contribution in [0, 0.1) is 5.92 Å². The molecule has 2 bridgehead atoms. The van der Waals surface area contributed by atoms with Gasteiger partial charge in [0.25, 0.3) is 5.91 Å². The standard InChI is InChI=1S/C17H17Cl2N3O2S2/c18-12-2-1-11(7-13(12)19)26(24)17-20-8-15(25-17)16(23)21-14-9-22-5-3-10(14)4-6-22/h1-2,7-8,10,14H,3-6,9H2,(H,21,23). The van der Waals surface area contributed by atoms with Crippen LogP contribution in [-0.2, 0) is 10.8 Å². The topological polar surface area (TPSA) is 62.3 Å². The molecule has 0 aliphatic carbocycles. The molecule has 1 N–H and O–H groups in total. The molecule has 3 fully saturated rings. The van der Waals surface area contributed by atoms with E-state index in [0.717, 1.165) is 43.8 Å². The molecule has 5 rings (SSSR count). The Kier molecular flexibility index (Phi) is 5.34. The second-order valence-corrected chi connectivity index (χ2v) is 10.1. The summed E-state index contributed by atoms with van der Waals surface area (Å²) in [5.74, 6) is 0.417. The molecule has 26 heavy (non-hydrogen) atoms. The van der Waals surface area contributed by atoms with Crippen LogP contribution in [-0.4, -0.2) is 45.7 Å². The molecule has 1 aromatic carbocycles. The Labute approximate surface area is 168 Å². The molecule has 0 spiro atoms. The van der Waals surface area contributed by atoms with Crippen LogP contribution < -0.4 is 5.32 Å². The number of halogens is 2. The van der Waals surface area contributed by atoms with Gasteiger partial charge >= 0.3 is 0 Å². The minimum Gasteiger partial charge on any atom is -0.347 e. The van der Waals surface area contributed by atoms with Crippen LogP contribution in [0.4, 0.5) is 0 Å². The van der Waals surface area contributed by atoms with E-state index in [1.165, 1.54) is 6.20 Å². The first kappa shape index (κ1) is 18.4. The number of thiazole rings is 1. The van der Waals surface area contributed by atoms with E-state index in [4.69, 9.17) is 23.2 Å². The number of fused-ring (bicyclic) bond motifs is 3. The van der Waals surface area contributed by atoms with Crippen LogP contribution in [0.1, 0.15) is 22.5 Å². The van der Waals surface area contributed by atoms with Crippen molar-refractivity contribution in [2.45, 2.75) is 28.1 Å². The summed E-state index contributed by atoms with van der Waals surface area (Å²) in [7, 11) is -1.49. The van der Waals surface area contributed by atoms with E-state index in [9.17, 15) is 9.00 Å². The fourth-order valence-electron chi connectivity index (χ4n) is 3.51. The molecule has 2 atom stereocenters. The maximum absolute atomic E-state index is 12.7. The van der Waals surface area contributed by atoms with E-state index < -0.39 is 10.8 Å². The fraction of sp³-hybridized carbons (Fsp3) is 0.412. The fourth-order valence-corrected chi connectivity index (χ4v) is 6.05. The van der Waals surface area contributed by atoms with Crippen molar-refractivity contribution in [1.29, 1.82) is 0 Å². The van der Waals surface area contributed by atoms with Gasteiger partial charge in [-0.05, 0) is 50.0 Å². The minimum absolute atomic E-state index is 0.140. The second-order valence-electron chi connectivity index (χ2n) is 6.55. The number of aromatic nitrogens is 1. The van der Waals surface area contributed by atoms with Crippen molar-refractivity contribution in [1.82, 2.24) is 15.2 Å². The lowest BCUT2D eigenvalue weighted by Gasteiger charge is -2.44. The van der Waals surface area contributed by atoms with Crippen LogP contribution >= 0.6 is 34.5 Å². The van der Waals surface area contributed by atoms with Crippen molar-refractivity contribution in [2.24, 2.45) is 5.92 Å². The van der Waals surface area contributed by atoms with E-state index in [-0.39, 0.29) is 11.9 Å². The minimum atomic E-state index is -1.49. The number of carbonyl (C=O) groups is 1. The predicted molar refractivity (Wildman–Crippen MR) is 104 cm³/mol. The van der Waals surface area contributed by atoms with Gasteiger partial charge in [-0.3, -0.25) is 4.79 Å². The van der Waals surface area contributed by atoms with Crippen LogP contribution in [0.2, 0.25) is 10.0 Å². The lowest BCUT2D eigenvalue weighted by molar-refractivity contribution is 0.0622. The molecule has 5 nitrogen and oxygen atoms in total. The molecule has 0 radical (unpaired) electrons. The highest BCUT2D eigenvalue weighted by molar-refractivity contribution is 7.87. The average Bonchev–Trinajstić information content (AvgIpc) is 3.15. The molecule has 2 unspecified atom stereocenters. The molecule has 4 heterocycles. The van der Waals surface area contributed by atoms with Gasteiger partial charge in [-0.25, -0.2) is 9.19 Å². The van der Waals surface area contributed by atoms with Crippen LogP contribution in [0.15, 0.2) is 33.6 Å². The first-order chi connectivity index (χ1) is 12.5. The lowest BCUT2D eigenvalue weighted by Crippen LogP contribution is -2.57. The Bertz CT molecular complexity index is 865. The van der Waals surface area contributed by atoms with Gasteiger partial charge in [0.1, 0.15) is 15.7 Å². The Morgan fingerprint density at radius 2 is 2.04 bits per heavy atom. The Morgan fingerprint density at radius 3 is 2.69 bits per heavy atom. The van der Waals surface area contributed by atoms with Gasteiger partial charge < -0.3 is 10.2 Å². The van der Waals surface area contributed by atoms with Gasteiger partial charge in [0.15, 0.2) is 4.34 Å². The average molecular weight is 430 g/mol. The van der Waals surface area contributed by atoms with Crippen molar-refractivity contribution < 1.29 is 9.00 Å². The largest absolute Gasteiger partial charge is 0.347 e. The summed E-state index contributed by atoms with van der Waals surface area (Å²) in [5, 5.41) is 3.88. The van der Waals surface area contributed by atoms with Crippen molar-refractivity contribution in [2.75, 3.05) is 19.6 Å². The van der Waals surface area contributed by atoms with Gasteiger partial charge in [0.2, 0.25) is 0 Å². The van der Waals surface area contributed by atoms with Crippen LogP contribution in [0.5, 0.6) is 0 Å². The lowest BCUT2D eigenvalue weighted by atomic mass is 9.84. The first-order valence-corrected chi connectivity index (χ1v) is 11.1. The van der Waals surface area contributed by atoms with E-state index in [1.807, 2.05) is 0 Å². The van der Waals surface area contributed by atoms with E-state index >= 15 is 0 Å². The van der Waals surface area contributed by atoms with Crippen molar-refractivity contribution in [3.05, 3.63) is 39.3 Å². The summed E-state index contributed by atoms with van der Waals surface area (Å²) in [6.45, 7) is 3.17. The third kappa shape index (κ3) is 3.68. The molecular weight excluding hydrogens is 413 g/mol. The highest BCUT2D eigenvalue weighted by atomic mass is 35.5. The Balaban J connectivity index is 1.46. The van der Waals surface area contributed by atoms with Gasteiger partial charge in [0.05, 0.1) is 16.2 Å². The predicted octanol–water partition coefficient (Wildman–Crippen LogP) is 3.44. The number of carbonyl (C=O) groups excluding carboxylic acids is 1. The number of nitrogens with one attached hydrogen (secondary N) is 1. The molecule has 3 aliphatic rings. The summed E-state index contributed by atoms with van der Waals surface area (Å²) in [6.07, 6.45) is 3.77. The van der Waals surface area contributed by atoms with Crippen molar-refractivity contribution >= 4 is 51.2 Å². The van der Waals surface area contributed by atoms with E-state index in [0.29, 0.717) is 30.1 Å². The maximum atomic E-state index is 12.7. The normalized spacial score (nSPS) is 25.8. The van der Waals surface area contributed by atoms with Crippen molar-refractivity contribution in [3.63, 3.8) is 0 Å². The molecule has 2 aromatic rings. The van der Waals surface area contributed by atoms with Gasteiger partial charge in [-0.2, -0.15) is 0 Å². The zero-order valence-corrected chi connectivity index (χ0v) is 16.9. The summed E-state index contributed by atoms with van der Waals surface area (Å²) in [5.41, 5.74) is 0. The van der Waals surface area contributed by atoms with Gasteiger partial charge in [0, 0.05) is 17.5 Å². The second kappa shape index (κ2) is 7.56. The third-order valence-corrected chi connectivity index (χ3v) is 8.28. The van der Waals surface area contributed by atoms with E-state index in [2.05, 4.69) is 15.2 Å². The third-order valence-electron chi connectivity index (χ3n) is 4.94. The molecule has 3 aliphatic heterocycles. The van der Waals surface area contributed by atoms with Crippen LogP contribution in [0.25, 0.3) is 0 Å². The highest BCUT2D eigenvalue weighted by Gasteiger charge is 2.35. The maximum Gasteiger partial charge on any atom is 0.263 e. The number of hydrogen-bond donors (Lipinski definition) is 1. The smallest absolute Gasteiger partial charge is 0.263 e. The number of nitrogens with zero attached hydrogens (tertiary/aromatic N) is 2. The number of amides is 1. The zero-order chi connectivity index (χ0) is 18.3. The summed E-state index contributed by atoms with van der Waals surface area (Å²) in [6, 6.07) is 5.01.